The fourth-order valence-corrected chi connectivity index (χ4v) is 1.60. The molecule has 1 N–H and O–H groups in total. The van der Waals surface area contributed by atoms with Gasteiger partial charge in [0.05, 0.1) is 12.1 Å². The van der Waals surface area contributed by atoms with Gasteiger partial charge in [-0.1, -0.05) is 12.8 Å². The van der Waals surface area contributed by atoms with Gasteiger partial charge in [0.1, 0.15) is 0 Å². The van der Waals surface area contributed by atoms with Crippen molar-refractivity contribution in [1.82, 2.24) is 5.32 Å². The number of hydrogen-bond donors (Lipinski definition) is 1. The van der Waals surface area contributed by atoms with Gasteiger partial charge in [0.25, 0.3) is 0 Å². The van der Waals surface area contributed by atoms with Crippen LogP contribution in [0.4, 0.5) is 0 Å². The van der Waals surface area contributed by atoms with E-state index in [0.29, 0.717) is 5.92 Å². The lowest BCUT2D eigenvalue weighted by Crippen LogP contribution is -2.41. The Balaban J connectivity index is 2.38. The summed E-state index contributed by atoms with van der Waals surface area (Å²) in [5.74, 6) is 3.46. The first-order valence-electron chi connectivity index (χ1n) is 5.05. The second-order valence-electron chi connectivity index (χ2n) is 3.64. The minimum absolute atomic E-state index is 0.0949. The van der Waals surface area contributed by atoms with Crippen LogP contribution in [0, 0.1) is 18.3 Å². The fourth-order valence-electron chi connectivity index (χ4n) is 1.60. The van der Waals surface area contributed by atoms with E-state index in [2.05, 4.69) is 18.2 Å². The van der Waals surface area contributed by atoms with Gasteiger partial charge in [0.15, 0.2) is 0 Å². The third kappa shape index (κ3) is 3.02. The number of methoxy groups -OCH3 is 1. The van der Waals surface area contributed by atoms with Gasteiger partial charge in [-0.3, -0.25) is 0 Å². The molecule has 0 radical (unpaired) electrons. The highest BCUT2D eigenvalue weighted by molar-refractivity contribution is 5.06. The molecule has 1 aliphatic rings. The topological polar surface area (TPSA) is 21.3 Å². The van der Waals surface area contributed by atoms with E-state index in [9.17, 15) is 0 Å². The van der Waals surface area contributed by atoms with E-state index in [1.807, 2.05) is 0 Å². The molecule has 0 aliphatic heterocycles. The lowest BCUT2D eigenvalue weighted by molar-refractivity contribution is 0.0670. The molecule has 0 bridgehead atoms. The zero-order valence-corrected chi connectivity index (χ0v) is 8.55. The van der Waals surface area contributed by atoms with Gasteiger partial charge in [-0.2, -0.15) is 0 Å². The predicted molar refractivity (Wildman–Crippen MR) is 54.4 cm³/mol. The predicted octanol–water partition coefficient (Wildman–Crippen LogP) is 1.41. The average molecular weight is 181 g/mol. The summed E-state index contributed by atoms with van der Waals surface area (Å²) < 4.78 is 5.42. The summed E-state index contributed by atoms with van der Waals surface area (Å²) in [5, 5.41) is 3.33. The minimum atomic E-state index is 0.0949. The monoisotopic (exact) mass is 181 g/mol. The molecule has 2 unspecified atom stereocenters. The van der Waals surface area contributed by atoms with Gasteiger partial charge >= 0.3 is 0 Å². The molecular formula is C11H19NO. The van der Waals surface area contributed by atoms with Gasteiger partial charge in [-0.25, -0.2) is 0 Å². The molecule has 0 saturated heterocycles. The van der Waals surface area contributed by atoms with Crippen LogP contribution in [0.15, 0.2) is 0 Å². The van der Waals surface area contributed by atoms with Crippen molar-refractivity contribution in [1.29, 1.82) is 0 Å². The van der Waals surface area contributed by atoms with Crippen molar-refractivity contribution < 1.29 is 4.74 Å². The summed E-state index contributed by atoms with van der Waals surface area (Å²) in [5.41, 5.74) is 0. The van der Waals surface area contributed by atoms with E-state index >= 15 is 0 Å². The molecule has 1 saturated carbocycles. The van der Waals surface area contributed by atoms with Gasteiger partial charge in [-0.05, 0) is 31.7 Å². The second-order valence-corrected chi connectivity index (χ2v) is 3.64. The van der Waals surface area contributed by atoms with E-state index in [0.717, 1.165) is 13.0 Å². The molecule has 2 nitrogen and oxygen atoms in total. The summed E-state index contributed by atoms with van der Waals surface area (Å²) >= 11 is 0. The molecule has 0 aromatic heterocycles. The molecule has 13 heavy (non-hydrogen) atoms. The van der Waals surface area contributed by atoms with Gasteiger partial charge < -0.3 is 10.1 Å². The maximum absolute atomic E-state index is 5.46. The van der Waals surface area contributed by atoms with Crippen LogP contribution in [0.1, 0.15) is 26.2 Å². The summed E-state index contributed by atoms with van der Waals surface area (Å²) in [6.45, 7) is 3.11. The second kappa shape index (κ2) is 5.26. The van der Waals surface area contributed by atoms with Gasteiger partial charge in [-0.15, -0.1) is 6.42 Å². The number of nitrogens with one attached hydrogen (secondary N) is 1. The lowest BCUT2D eigenvalue weighted by atomic mass is 10.1. The fraction of sp³-hybridized carbons (Fsp3) is 0.818. The minimum Gasteiger partial charge on any atom is -0.379 e. The number of terminal acetylenes is 1. The Morgan fingerprint density at radius 3 is 2.69 bits per heavy atom. The largest absolute Gasteiger partial charge is 0.379 e. The van der Waals surface area contributed by atoms with Crippen LogP contribution in [-0.2, 0) is 4.74 Å². The van der Waals surface area contributed by atoms with Crippen molar-refractivity contribution in [2.24, 2.45) is 5.92 Å². The molecule has 2 atom stereocenters. The molecule has 0 amide bonds. The normalized spacial score (nSPS) is 20.7. The summed E-state index contributed by atoms with van der Waals surface area (Å²) in [4.78, 5) is 0. The highest BCUT2D eigenvalue weighted by Gasteiger charge is 2.35. The van der Waals surface area contributed by atoms with E-state index in [1.165, 1.54) is 12.8 Å². The van der Waals surface area contributed by atoms with Crippen molar-refractivity contribution in [2.75, 3.05) is 13.7 Å². The SMILES string of the molecule is C#CC(NCCC)C(OC)C1CC1. The van der Waals surface area contributed by atoms with Crippen LogP contribution in [0.3, 0.4) is 0 Å². The van der Waals surface area contributed by atoms with Crippen molar-refractivity contribution >= 4 is 0 Å². The smallest absolute Gasteiger partial charge is 0.0955 e. The Labute approximate surface area is 81.0 Å². The van der Waals surface area contributed by atoms with Crippen molar-refractivity contribution in [2.45, 2.75) is 38.3 Å². The summed E-state index contributed by atoms with van der Waals surface area (Å²) in [6.07, 6.45) is 9.33. The number of ether oxygens (including phenoxy) is 1. The molecule has 0 spiro atoms. The third-order valence-electron chi connectivity index (χ3n) is 2.48. The Morgan fingerprint density at radius 1 is 1.62 bits per heavy atom. The zero-order chi connectivity index (χ0) is 9.68. The van der Waals surface area contributed by atoms with Crippen LogP contribution in [-0.4, -0.2) is 25.8 Å². The Kier molecular flexibility index (Phi) is 4.27. The quantitative estimate of drug-likeness (QED) is 0.626. The molecule has 0 aromatic carbocycles. The van der Waals surface area contributed by atoms with E-state index in [1.54, 1.807) is 7.11 Å². The first-order chi connectivity index (χ1) is 6.33. The lowest BCUT2D eigenvalue weighted by Gasteiger charge is -2.22. The van der Waals surface area contributed by atoms with Gasteiger partial charge in [0, 0.05) is 7.11 Å². The molecule has 2 heteroatoms. The first-order valence-corrected chi connectivity index (χ1v) is 5.05. The molecule has 0 heterocycles. The van der Waals surface area contributed by atoms with Crippen LogP contribution >= 0.6 is 0 Å². The van der Waals surface area contributed by atoms with Crippen LogP contribution < -0.4 is 5.32 Å². The maximum atomic E-state index is 5.46. The molecule has 1 aliphatic carbocycles. The summed E-state index contributed by atoms with van der Waals surface area (Å²) in [7, 11) is 1.75. The molecule has 74 valence electrons. The average Bonchev–Trinajstić information content (AvgIpc) is 2.95. The third-order valence-corrected chi connectivity index (χ3v) is 2.48. The number of hydrogen-bond acceptors (Lipinski definition) is 2. The van der Waals surface area contributed by atoms with E-state index in [-0.39, 0.29) is 12.1 Å². The van der Waals surface area contributed by atoms with Crippen LogP contribution in [0.25, 0.3) is 0 Å². The molecule has 1 rings (SSSR count). The highest BCUT2D eigenvalue weighted by atomic mass is 16.5. The highest BCUT2D eigenvalue weighted by Crippen LogP contribution is 2.35. The van der Waals surface area contributed by atoms with E-state index in [4.69, 9.17) is 11.2 Å². The molecule has 1 fully saturated rings. The van der Waals surface area contributed by atoms with Crippen molar-refractivity contribution in [3.05, 3.63) is 0 Å². The van der Waals surface area contributed by atoms with Crippen LogP contribution in [0.5, 0.6) is 0 Å². The Hall–Kier alpha value is -0.520. The molecule has 0 aromatic rings. The van der Waals surface area contributed by atoms with Crippen molar-refractivity contribution in [3.63, 3.8) is 0 Å². The summed E-state index contributed by atoms with van der Waals surface area (Å²) in [6, 6.07) is 0.0949. The molecular weight excluding hydrogens is 162 g/mol. The van der Waals surface area contributed by atoms with E-state index < -0.39 is 0 Å². The standard InChI is InChI=1S/C11H19NO/c1-4-8-12-10(5-2)11(13-3)9-6-7-9/h2,9-12H,4,6-8H2,1,3H3. The van der Waals surface area contributed by atoms with Crippen LogP contribution in [0.2, 0.25) is 0 Å². The Bertz CT molecular complexity index is 181. The van der Waals surface area contributed by atoms with Crippen molar-refractivity contribution in [3.8, 4) is 12.3 Å². The zero-order valence-electron chi connectivity index (χ0n) is 8.55. The van der Waals surface area contributed by atoms with Gasteiger partial charge in [0.2, 0.25) is 0 Å². The number of rotatable bonds is 6. The Morgan fingerprint density at radius 2 is 2.31 bits per heavy atom. The first kappa shape index (κ1) is 10.6. The maximum Gasteiger partial charge on any atom is 0.0955 e.